The van der Waals surface area contributed by atoms with Crippen molar-refractivity contribution in [1.29, 1.82) is 0 Å². The third-order valence-corrected chi connectivity index (χ3v) is 6.34. The van der Waals surface area contributed by atoms with Crippen LogP contribution in [0.5, 0.6) is 0 Å². The van der Waals surface area contributed by atoms with Gasteiger partial charge in [-0.3, -0.25) is 4.79 Å². The summed E-state index contributed by atoms with van der Waals surface area (Å²) in [5.41, 5.74) is 0.214. The Labute approximate surface area is 168 Å². The van der Waals surface area contributed by atoms with Crippen molar-refractivity contribution >= 4 is 11.8 Å². The Bertz CT molecular complexity index is 783. The lowest BCUT2D eigenvalue weighted by atomic mass is 9.58. The van der Waals surface area contributed by atoms with Crippen LogP contribution >= 0.6 is 0 Å². The number of ketones is 1. The minimum atomic E-state index is -0.627. The molecule has 3 aliphatic rings. The molecule has 1 aromatic rings. The smallest absolute Gasteiger partial charge is 0.338 e. The lowest BCUT2D eigenvalue weighted by molar-refractivity contribution is -0.166. The standard InChI is InChI=1S/C21H26O8/c1-25-9-11-6-17(28-10-26-2)20(23)18-12(11)7-14(22)19-13(18)8-16(29-21(19)24)15-4-3-5-27-15/h3-5,11-13,16-18,22H,6-10H2,1-2H3/t11-,12-,13+,16-,17-,18-/m0/s1. The summed E-state index contributed by atoms with van der Waals surface area (Å²) in [6, 6.07) is 3.47. The molecule has 2 fully saturated rings. The molecule has 0 unspecified atom stereocenters. The van der Waals surface area contributed by atoms with E-state index < -0.39 is 30.0 Å². The van der Waals surface area contributed by atoms with Crippen molar-refractivity contribution in [2.75, 3.05) is 27.6 Å². The summed E-state index contributed by atoms with van der Waals surface area (Å²) in [5.74, 6) is -1.10. The molecule has 0 bridgehead atoms. The molecule has 6 atom stereocenters. The fourth-order valence-corrected chi connectivity index (χ4v) is 5.16. The molecule has 1 N–H and O–H groups in total. The van der Waals surface area contributed by atoms with Crippen LogP contribution in [0.3, 0.4) is 0 Å². The van der Waals surface area contributed by atoms with Gasteiger partial charge in [-0.05, 0) is 36.8 Å². The van der Waals surface area contributed by atoms with Crippen LogP contribution in [0.25, 0.3) is 0 Å². The second-order valence-corrected chi connectivity index (χ2v) is 7.92. The van der Waals surface area contributed by atoms with E-state index in [1.807, 2.05) is 0 Å². The topological polar surface area (TPSA) is 104 Å². The maximum absolute atomic E-state index is 13.4. The molecule has 0 radical (unpaired) electrons. The molecule has 2 heterocycles. The van der Waals surface area contributed by atoms with Gasteiger partial charge in [0, 0.05) is 39.1 Å². The number of methoxy groups -OCH3 is 2. The Morgan fingerprint density at radius 2 is 2.03 bits per heavy atom. The van der Waals surface area contributed by atoms with E-state index in [9.17, 15) is 14.7 Å². The van der Waals surface area contributed by atoms with Crippen LogP contribution in [-0.4, -0.2) is 50.6 Å². The molecule has 1 saturated carbocycles. The molecule has 8 nitrogen and oxygen atoms in total. The van der Waals surface area contributed by atoms with E-state index in [-0.39, 0.29) is 42.2 Å². The number of rotatable bonds is 6. The van der Waals surface area contributed by atoms with Crippen molar-refractivity contribution in [3.8, 4) is 0 Å². The van der Waals surface area contributed by atoms with Crippen LogP contribution in [0, 0.1) is 23.7 Å². The molecule has 8 heteroatoms. The third kappa shape index (κ3) is 3.60. The first-order valence-electron chi connectivity index (χ1n) is 9.84. The van der Waals surface area contributed by atoms with Crippen molar-refractivity contribution in [2.24, 2.45) is 23.7 Å². The van der Waals surface area contributed by atoms with Crippen molar-refractivity contribution in [3.63, 3.8) is 0 Å². The lowest BCUT2D eigenvalue weighted by Crippen LogP contribution is -2.53. The van der Waals surface area contributed by atoms with Gasteiger partial charge in [-0.2, -0.15) is 0 Å². The number of ether oxygens (including phenoxy) is 4. The summed E-state index contributed by atoms with van der Waals surface area (Å²) in [6.07, 6.45) is 1.43. The molecular formula is C21H26O8. The zero-order valence-corrected chi connectivity index (χ0v) is 16.5. The first-order chi connectivity index (χ1) is 14.0. The Kier molecular flexibility index (Phi) is 5.76. The molecule has 4 rings (SSSR count). The number of furan rings is 1. The van der Waals surface area contributed by atoms with E-state index >= 15 is 0 Å². The van der Waals surface area contributed by atoms with Gasteiger partial charge < -0.3 is 28.5 Å². The SMILES string of the molecule is COCO[C@H]1C[C@@H](COC)[C@@H]2CC(O)=C3C(=O)O[C@H](c4ccco4)C[C@@H]3[C@H]2C1=O. The summed E-state index contributed by atoms with van der Waals surface area (Å²) >= 11 is 0. The molecule has 1 aromatic heterocycles. The number of hydrogen-bond donors (Lipinski definition) is 1. The van der Waals surface area contributed by atoms with Crippen LogP contribution in [-0.2, 0) is 28.5 Å². The molecule has 158 valence electrons. The molecule has 2 aliphatic carbocycles. The van der Waals surface area contributed by atoms with E-state index in [4.69, 9.17) is 23.4 Å². The molecule has 0 aromatic carbocycles. The van der Waals surface area contributed by atoms with E-state index in [1.54, 1.807) is 19.2 Å². The second-order valence-electron chi connectivity index (χ2n) is 7.92. The van der Waals surface area contributed by atoms with Crippen molar-refractivity contribution in [3.05, 3.63) is 35.5 Å². The number of esters is 1. The van der Waals surface area contributed by atoms with Crippen LogP contribution in [0.1, 0.15) is 31.1 Å². The van der Waals surface area contributed by atoms with Crippen LogP contribution in [0.15, 0.2) is 34.1 Å². The summed E-state index contributed by atoms with van der Waals surface area (Å²) in [7, 11) is 3.12. The Balaban J connectivity index is 1.69. The lowest BCUT2D eigenvalue weighted by Gasteiger charge is -2.48. The quantitative estimate of drug-likeness (QED) is 0.568. The highest BCUT2D eigenvalue weighted by molar-refractivity contribution is 5.94. The predicted octanol–water partition coefficient (Wildman–Crippen LogP) is 2.56. The average Bonchev–Trinajstić information content (AvgIpc) is 3.23. The number of carbonyl (C=O) groups excluding carboxylic acids is 2. The predicted molar refractivity (Wildman–Crippen MR) is 98.6 cm³/mol. The summed E-state index contributed by atoms with van der Waals surface area (Å²) in [6.45, 7) is 0.464. The van der Waals surface area contributed by atoms with Crippen molar-refractivity contribution in [2.45, 2.75) is 31.5 Å². The highest BCUT2D eigenvalue weighted by Crippen LogP contribution is 2.52. The van der Waals surface area contributed by atoms with Gasteiger partial charge in [0.1, 0.15) is 24.4 Å². The second kappa shape index (κ2) is 8.30. The van der Waals surface area contributed by atoms with Crippen LogP contribution in [0.2, 0.25) is 0 Å². The summed E-state index contributed by atoms with van der Waals surface area (Å²) < 4.78 is 27.0. The largest absolute Gasteiger partial charge is 0.512 e. The number of Topliss-reactive ketones (excluding diaryl/α,β-unsaturated/α-hetero) is 1. The minimum absolute atomic E-state index is 0.0170. The fraction of sp³-hybridized carbons (Fsp3) is 0.619. The Hall–Kier alpha value is -2.16. The van der Waals surface area contributed by atoms with Crippen LogP contribution in [0.4, 0.5) is 0 Å². The van der Waals surface area contributed by atoms with Gasteiger partial charge >= 0.3 is 5.97 Å². The normalized spacial score (nSPS) is 34.6. The van der Waals surface area contributed by atoms with Gasteiger partial charge in [0.05, 0.1) is 11.8 Å². The monoisotopic (exact) mass is 406 g/mol. The molecule has 1 aliphatic heterocycles. The number of hydrogen-bond acceptors (Lipinski definition) is 8. The first-order valence-corrected chi connectivity index (χ1v) is 9.84. The molecule has 1 saturated heterocycles. The number of aliphatic hydroxyl groups is 1. The third-order valence-electron chi connectivity index (χ3n) is 6.34. The highest BCUT2D eigenvalue weighted by Gasteiger charge is 2.55. The van der Waals surface area contributed by atoms with E-state index in [0.717, 1.165) is 0 Å². The zero-order chi connectivity index (χ0) is 20.5. The molecular weight excluding hydrogens is 380 g/mol. The summed E-state index contributed by atoms with van der Waals surface area (Å²) in [4.78, 5) is 26.1. The maximum atomic E-state index is 13.4. The molecule has 29 heavy (non-hydrogen) atoms. The van der Waals surface area contributed by atoms with Gasteiger partial charge in [-0.15, -0.1) is 0 Å². The summed E-state index contributed by atoms with van der Waals surface area (Å²) in [5, 5.41) is 10.7. The number of carbonyl (C=O) groups is 2. The number of fused-ring (bicyclic) bond motifs is 3. The molecule has 0 spiro atoms. The minimum Gasteiger partial charge on any atom is -0.512 e. The Morgan fingerprint density at radius 3 is 2.72 bits per heavy atom. The van der Waals surface area contributed by atoms with E-state index in [2.05, 4.69) is 0 Å². The fourth-order valence-electron chi connectivity index (χ4n) is 5.16. The van der Waals surface area contributed by atoms with E-state index in [0.29, 0.717) is 25.2 Å². The molecule has 0 amide bonds. The van der Waals surface area contributed by atoms with E-state index in [1.165, 1.54) is 13.4 Å². The van der Waals surface area contributed by atoms with Gasteiger partial charge in [-0.1, -0.05) is 0 Å². The van der Waals surface area contributed by atoms with Crippen molar-refractivity contribution < 1.29 is 38.1 Å². The highest BCUT2D eigenvalue weighted by atomic mass is 16.7. The zero-order valence-electron chi connectivity index (χ0n) is 16.5. The van der Waals surface area contributed by atoms with Gasteiger partial charge in [0.2, 0.25) is 0 Å². The van der Waals surface area contributed by atoms with Gasteiger partial charge in [0.15, 0.2) is 11.9 Å². The van der Waals surface area contributed by atoms with Crippen LogP contribution < -0.4 is 0 Å². The number of aliphatic hydroxyl groups excluding tert-OH is 1. The number of allylic oxidation sites excluding steroid dienone is 1. The Morgan fingerprint density at radius 1 is 1.21 bits per heavy atom. The van der Waals surface area contributed by atoms with Gasteiger partial charge in [0.25, 0.3) is 0 Å². The van der Waals surface area contributed by atoms with Gasteiger partial charge in [-0.25, -0.2) is 4.79 Å². The first kappa shape index (κ1) is 20.1. The maximum Gasteiger partial charge on any atom is 0.338 e. The average molecular weight is 406 g/mol. The number of cyclic esters (lactones) is 1. The van der Waals surface area contributed by atoms with Crippen molar-refractivity contribution in [1.82, 2.24) is 0 Å².